The molecule has 2 N–H and O–H groups in total. The van der Waals surface area contributed by atoms with Gasteiger partial charge in [-0.15, -0.1) is 0 Å². The highest BCUT2D eigenvalue weighted by Gasteiger charge is 2.19. The van der Waals surface area contributed by atoms with Gasteiger partial charge in [0.15, 0.2) is 0 Å². The Labute approximate surface area is 134 Å². The van der Waals surface area contributed by atoms with Gasteiger partial charge in [-0.05, 0) is 25.8 Å². The summed E-state index contributed by atoms with van der Waals surface area (Å²) in [6, 6.07) is 2.34. The van der Waals surface area contributed by atoms with Crippen LogP contribution in [0.15, 0.2) is 24.7 Å². The summed E-state index contributed by atoms with van der Waals surface area (Å²) in [5, 5.41) is 16.5. The van der Waals surface area contributed by atoms with Gasteiger partial charge in [0.1, 0.15) is 11.5 Å². The second-order valence-electron chi connectivity index (χ2n) is 5.77. The number of aromatic nitrogens is 5. The van der Waals surface area contributed by atoms with Crippen molar-refractivity contribution in [2.24, 2.45) is 0 Å². The SMILES string of the molecule is CCn1cc(-c2n[nH]c3ccnc(NC4CCOCC4)c23)cn1. The molecule has 0 bridgehead atoms. The van der Waals surface area contributed by atoms with Crippen LogP contribution >= 0.6 is 0 Å². The fourth-order valence-corrected chi connectivity index (χ4v) is 2.98. The van der Waals surface area contributed by atoms with Gasteiger partial charge in [-0.2, -0.15) is 10.2 Å². The zero-order chi connectivity index (χ0) is 15.6. The van der Waals surface area contributed by atoms with E-state index in [-0.39, 0.29) is 0 Å². The van der Waals surface area contributed by atoms with E-state index in [1.54, 1.807) is 6.20 Å². The second kappa shape index (κ2) is 6.00. The largest absolute Gasteiger partial charge is 0.381 e. The van der Waals surface area contributed by atoms with Crippen LogP contribution < -0.4 is 5.32 Å². The maximum atomic E-state index is 5.43. The van der Waals surface area contributed by atoms with Crippen molar-refractivity contribution in [2.75, 3.05) is 18.5 Å². The molecule has 1 aliphatic rings. The third kappa shape index (κ3) is 2.68. The Morgan fingerprint density at radius 3 is 3.04 bits per heavy atom. The summed E-state index contributed by atoms with van der Waals surface area (Å²) >= 11 is 0. The van der Waals surface area contributed by atoms with Gasteiger partial charge in [0.25, 0.3) is 0 Å². The Morgan fingerprint density at radius 1 is 1.39 bits per heavy atom. The first-order chi connectivity index (χ1) is 11.3. The highest BCUT2D eigenvalue weighted by molar-refractivity contribution is 6.00. The molecule has 1 saturated heterocycles. The van der Waals surface area contributed by atoms with Crippen LogP contribution in [0.1, 0.15) is 19.8 Å². The molecule has 3 aromatic heterocycles. The molecule has 0 atom stereocenters. The van der Waals surface area contributed by atoms with E-state index in [1.165, 1.54) is 0 Å². The Kier molecular flexibility index (Phi) is 3.70. The lowest BCUT2D eigenvalue weighted by atomic mass is 10.1. The summed E-state index contributed by atoms with van der Waals surface area (Å²) in [5.41, 5.74) is 2.87. The Morgan fingerprint density at radius 2 is 2.26 bits per heavy atom. The monoisotopic (exact) mass is 312 g/mol. The average Bonchev–Trinajstić information content (AvgIpc) is 3.22. The van der Waals surface area contributed by atoms with E-state index < -0.39 is 0 Å². The van der Waals surface area contributed by atoms with E-state index in [0.717, 1.165) is 60.6 Å². The molecule has 4 heterocycles. The van der Waals surface area contributed by atoms with Crippen LogP contribution in [-0.2, 0) is 11.3 Å². The number of ether oxygens (including phenoxy) is 1. The third-order valence-corrected chi connectivity index (χ3v) is 4.27. The number of aryl methyl sites for hydroxylation is 1. The summed E-state index contributed by atoms with van der Waals surface area (Å²) in [6.07, 6.45) is 7.67. The molecular formula is C16H20N6O. The molecule has 120 valence electrons. The number of anilines is 1. The molecule has 0 spiro atoms. The van der Waals surface area contributed by atoms with Crippen molar-refractivity contribution in [3.8, 4) is 11.3 Å². The number of nitrogens with zero attached hydrogens (tertiary/aromatic N) is 4. The highest BCUT2D eigenvalue weighted by Crippen LogP contribution is 2.31. The molecule has 7 nitrogen and oxygen atoms in total. The zero-order valence-corrected chi connectivity index (χ0v) is 13.1. The molecule has 1 fully saturated rings. The highest BCUT2D eigenvalue weighted by atomic mass is 16.5. The average molecular weight is 312 g/mol. The molecule has 7 heteroatoms. The number of hydrogen-bond donors (Lipinski definition) is 2. The van der Waals surface area contributed by atoms with Gasteiger partial charge in [0.2, 0.25) is 0 Å². The van der Waals surface area contributed by atoms with Crippen molar-refractivity contribution in [1.29, 1.82) is 0 Å². The lowest BCUT2D eigenvalue weighted by Gasteiger charge is -2.23. The third-order valence-electron chi connectivity index (χ3n) is 4.27. The number of pyridine rings is 1. The van der Waals surface area contributed by atoms with Crippen LogP contribution in [0.3, 0.4) is 0 Å². The number of rotatable bonds is 4. The fraction of sp³-hybridized carbons (Fsp3) is 0.438. The molecular weight excluding hydrogens is 292 g/mol. The normalized spacial score (nSPS) is 16.0. The van der Waals surface area contributed by atoms with Crippen LogP contribution in [0.4, 0.5) is 5.82 Å². The van der Waals surface area contributed by atoms with E-state index in [4.69, 9.17) is 4.74 Å². The minimum Gasteiger partial charge on any atom is -0.381 e. The maximum Gasteiger partial charge on any atom is 0.137 e. The Balaban J connectivity index is 1.73. The van der Waals surface area contributed by atoms with Crippen LogP contribution in [0.25, 0.3) is 22.2 Å². The van der Waals surface area contributed by atoms with Gasteiger partial charge in [-0.25, -0.2) is 4.98 Å². The number of hydrogen-bond acceptors (Lipinski definition) is 5. The molecule has 0 amide bonds. The quantitative estimate of drug-likeness (QED) is 0.773. The van der Waals surface area contributed by atoms with Gasteiger partial charge in [-0.3, -0.25) is 9.78 Å². The first kappa shape index (κ1) is 14.2. The van der Waals surface area contributed by atoms with Crippen molar-refractivity contribution < 1.29 is 4.74 Å². The zero-order valence-electron chi connectivity index (χ0n) is 13.1. The second-order valence-corrected chi connectivity index (χ2v) is 5.77. The van der Waals surface area contributed by atoms with E-state index >= 15 is 0 Å². The first-order valence-corrected chi connectivity index (χ1v) is 8.05. The van der Waals surface area contributed by atoms with Crippen molar-refractivity contribution >= 4 is 16.7 Å². The van der Waals surface area contributed by atoms with Gasteiger partial charge in [-0.1, -0.05) is 0 Å². The molecule has 0 saturated carbocycles. The number of nitrogens with one attached hydrogen (secondary N) is 2. The van der Waals surface area contributed by atoms with Crippen molar-refractivity contribution in [1.82, 2.24) is 25.0 Å². The summed E-state index contributed by atoms with van der Waals surface area (Å²) in [4.78, 5) is 4.55. The molecule has 0 unspecified atom stereocenters. The molecule has 23 heavy (non-hydrogen) atoms. The van der Waals surface area contributed by atoms with E-state index in [1.807, 2.05) is 23.1 Å². The molecule has 3 aromatic rings. The van der Waals surface area contributed by atoms with Crippen molar-refractivity contribution in [3.63, 3.8) is 0 Å². The standard InChI is InChI=1S/C16H20N6O/c1-2-22-10-11(9-18-22)15-14-13(20-21-15)3-6-17-16(14)19-12-4-7-23-8-5-12/h3,6,9-10,12H,2,4-5,7-8H2,1H3,(H,17,19)(H,20,21). The lowest BCUT2D eigenvalue weighted by molar-refractivity contribution is 0.0904. The summed E-state index contributed by atoms with van der Waals surface area (Å²) in [5.74, 6) is 0.877. The Hall–Kier alpha value is -2.41. The van der Waals surface area contributed by atoms with E-state index in [2.05, 4.69) is 32.5 Å². The van der Waals surface area contributed by atoms with E-state index in [0.29, 0.717) is 6.04 Å². The summed E-state index contributed by atoms with van der Waals surface area (Å²) in [6.45, 7) is 4.51. The summed E-state index contributed by atoms with van der Waals surface area (Å²) < 4.78 is 7.33. The predicted octanol–water partition coefficient (Wildman–Crippen LogP) is 2.43. The number of aromatic amines is 1. The van der Waals surface area contributed by atoms with Crippen LogP contribution in [0.2, 0.25) is 0 Å². The van der Waals surface area contributed by atoms with Gasteiger partial charge in [0.05, 0.1) is 17.1 Å². The van der Waals surface area contributed by atoms with Crippen LogP contribution in [0, 0.1) is 0 Å². The minimum atomic E-state index is 0.392. The van der Waals surface area contributed by atoms with Crippen LogP contribution in [0.5, 0.6) is 0 Å². The van der Waals surface area contributed by atoms with Crippen LogP contribution in [-0.4, -0.2) is 44.2 Å². The lowest BCUT2D eigenvalue weighted by Crippen LogP contribution is -2.28. The minimum absolute atomic E-state index is 0.392. The fourth-order valence-electron chi connectivity index (χ4n) is 2.98. The molecule has 0 aromatic carbocycles. The number of H-pyrrole nitrogens is 1. The predicted molar refractivity (Wildman–Crippen MR) is 88.2 cm³/mol. The van der Waals surface area contributed by atoms with Gasteiger partial charge >= 0.3 is 0 Å². The molecule has 0 aliphatic carbocycles. The molecule has 0 radical (unpaired) electrons. The molecule has 1 aliphatic heterocycles. The Bertz CT molecular complexity index is 802. The van der Waals surface area contributed by atoms with E-state index in [9.17, 15) is 0 Å². The van der Waals surface area contributed by atoms with Crippen molar-refractivity contribution in [2.45, 2.75) is 32.4 Å². The first-order valence-electron chi connectivity index (χ1n) is 8.05. The van der Waals surface area contributed by atoms with Gasteiger partial charge < -0.3 is 10.1 Å². The smallest absolute Gasteiger partial charge is 0.137 e. The van der Waals surface area contributed by atoms with Crippen molar-refractivity contribution in [3.05, 3.63) is 24.7 Å². The number of fused-ring (bicyclic) bond motifs is 1. The maximum absolute atomic E-state index is 5.43. The summed E-state index contributed by atoms with van der Waals surface area (Å²) in [7, 11) is 0. The van der Waals surface area contributed by atoms with Gasteiger partial charge in [0, 0.05) is 43.8 Å². The topological polar surface area (TPSA) is 80.7 Å². The molecule has 4 rings (SSSR count).